The van der Waals surface area contributed by atoms with Gasteiger partial charge in [0.25, 0.3) is 0 Å². The van der Waals surface area contributed by atoms with Gasteiger partial charge in [-0.25, -0.2) is 0 Å². The van der Waals surface area contributed by atoms with Crippen molar-refractivity contribution < 1.29 is 9.84 Å². The highest BCUT2D eigenvalue weighted by Gasteiger charge is 2.15. The number of unbranched alkanes of at least 4 members (excludes halogenated alkanes) is 6. The molecule has 0 bridgehead atoms. The first-order valence-electron chi connectivity index (χ1n) is 9.34. The fourth-order valence-corrected chi connectivity index (χ4v) is 3.69. The Hall–Kier alpha value is -1.12. The molecule has 0 aliphatic rings. The Morgan fingerprint density at radius 1 is 0.920 bits per heavy atom. The average Bonchev–Trinajstić information content (AvgIpc) is 2.59. The number of phenols is 1. The summed E-state index contributed by atoms with van der Waals surface area (Å²) in [5.74, 6) is 0.975. The van der Waals surface area contributed by atoms with Crippen LogP contribution < -0.4 is 4.74 Å². The highest BCUT2D eigenvalue weighted by molar-refractivity contribution is 6.39. The average molecular weight is 383 g/mol. The Morgan fingerprint density at radius 2 is 1.60 bits per heavy atom. The van der Waals surface area contributed by atoms with Gasteiger partial charge >= 0.3 is 0 Å². The second kappa shape index (κ2) is 10.1. The standard InChI is InChI=1S/C21H28Cl2O2/c1-3-5-6-7-8-9-10-11-25-19-12-15(4-2)21(24)17-13-16(22)14-18(23)20(17)19/h12-14,24H,3-11H2,1-2H3. The van der Waals surface area contributed by atoms with E-state index in [1.54, 1.807) is 12.1 Å². The molecule has 0 unspecified atom stereocenters. The van der Waals surface area contributed by atoms with Crippen molar-refractivity contribution in [2.24, 2.45) is 0 Å². The first kappa shape index (κ1) is 20.2. The maximum absolute atomic E-state index is 10.5. The molecule has 0 fully saturated rings. The molecule has 0 saturated heterocycles. The summed E-state index contributed by atoms with van der Waals surface area (Å²) in [6, 6.07) is 5.34. The zero-order chi connectivity index (χ0) is 18.2. The molecule has 0 heterocycles. The summed E-state index contributed by atoms with van der Waals surface area (Å²) in [6.07, 6.45) is 9.44. The van der Waals surface area contributed by atoms with Crippen LogP contribution in [-0.2, 0) is 6.42 Å². The van der Waals surface area contributed by atoms with Gasteiger partial charge in [0, 0.05) is 15.8 Å². The Kier molecular flexibility index (Phi) is 8.18. The third kappa shape index (κ3) is 5.43. The quantitative estimate of drug-likeness (QED) is 0.429. The van der Waals surface area contributed by atoms with Gasteiger partial charge in [-0.3, -0.25) is 0 Å². The Balaban J connectivity index is 2.06. The van der Waals surface area contributed by atoms with E-state index in [4.69, 9.17) is 27.9 Å². The van der Waals surface area contributed by atoms with Gasteiger partial charge in [-0.05, 0) is 36.6 Å². The van der Waals surface area contributed by atoms with Crippen LogP contribution in [0, 0.1) is 0 Å². The van der Waals surface area contributed by atoms with Crippen molar-refractivity contribution in [2.45, 2.75) is 65.2 Å². The summed E-state index contributed by atoms with van der Waals surface area (Å²) in [7, 11) is 0. The van der Waals surface area contributed by atoms with Crippen molar-refractivity contribution in [3.63, 3.8) is 0 Å². The number of fused-ring (bicyclic) bond motifs is 1. The number of ether oxygens (including phenoxy) is 1. The summed E-state index contributed by atoms with van der Waals surface area (Å²) in [4.78, 5) is 0. The van der Waals surface area contributed by atoms with Gasteiger partial charge in [-0.1, -0.05) is 75.6 Å². The lowest BCUT2D eigenvalue weighted by molar-refractivity contribution is 0.307. The summed E-state index contributed by atoms with van der Waals surface area (Å²) in [5.41, 5.74) is 0.848. The monoisotopic (exact) mass is 382 g/mol. The largest absolute Gasteiger partial charge is 0.507 e. The minimum absolute atomic E-state index is 0.241. The fourth-order valence-electron chi connectivity index (χ4n) is 3.11. The molecule has 2 aromatic carbocycles. The highest BCUT2D eigenvalue weighted by atomic mass is 35.5. The maximum Gasteiger partial charge on any atom is 0.129 e. The van der Waals surface area contributed by atoms with Gasteiger partial charge in [0.15, 0.2) is 0 Å². The molecule has 2 rings (SSSR count). The second-order valence-corrected chi connectivity index (χ2v) is 7.36. The number of hydrogen-bond donors (Lipinski definition) is 1. The zero-order valence-corrected chi connectivity index (χ0v) is 16.7. The van der Waals surface area contributed by atoms with E-state index < -0.39 is 0 Å². The zero-order valence-electron chi connectivity index (χ0n) is 15.2. The van der Waals surface area contributed by atoms with Crippen LogP contribution in [0.2, 0.25) is 10.0 Å². The molecular formula is C21H28Cl2O2. The summed E-state index contributed by atoms with van der Waals surface area (Å²) < 4.78 is 6.03. The van der Waals surface area contributed by atoms with E-state index >= 15 is 0 Å². The van der Waals surface area contributed by atoms with E-state index in [9.17, 15) is 5.11 Å². The van der Waals surface area contributed by atoms with Crippen LogP contribution in [0.4, 0.5) is 0 Å². The lowest BCUT2D eigenvalue weighted by Crippen LogP contribution is -1.99. The molecule has 2 nitrogen and oxygen atoms in total. The third-order valence-electron chi connectivity index (χ3n) is 4.55. The number of rotatable bonds is 10. The van der Waals surface area contributed by atoms with Crippen LogP contribution in [0.5, 0.6) is 11.5 Å². The van der Waals surface area contributed by atoms with Crippen LogP contribution in [0.3, 0.4) is 0 Å². The van der Waals surface area contributed by atoms with E-state index in [1.165, 1.54) is 38.5 Å². The number of benzene rings is 2. The van der Waals surface area contributed by atoms with Crippen molar-refractivity contribution in [1.29, 1.82) is 0 Å². The van der Waals surface area contributed by atoms with Gasteiger partial charge in [0.1, 0.15) is 11.5 Å². The molecule has 138 valence electrons. The topological polar surface area (TPSA) is 29.5 Å². The van der Waals surface area contributed by atoms with Crippen molar-refractivity contribution in [3.8, 4) is 11.5 Å². The molecule has 1 N–H and O–H groups in total. The Morgan fingerprint density at radius 3 is 2.28 bits per heavy atom. The predicted molar refractivity (Wildman–Crippen MR) is 108 cm³/mol. The van der Waals surface area contributed by atoms with Crippen molar-refractivity contribution in [3.05, 3.63) is 33.8 Å². The second-order valence-electron chi connectivity index (χ2n) is 6.52. The van der Waals surface area contributed by atoms with Gasteiger partial charge in [-0.2, -0.15) is 0 Å². The maximum atomic E-state index is 10.5. The molecule has 0 aromatic heterocycles. The van der Waals surface area contributed by atoms with Gasteiger partial charge in [-0.15, -0.1) is 0 Å². The molecule has 0 amide bonds. The molecule has 0 spiro atoms. The molecule has 0 saturated carbocycles. The Labute approximate surface area is 161 Å². The van der Waals surface area contributed by atoms with Gasteiger partial charge in [0.2, 0.25) is 0 Å². The molecule has 2 aromatic rings. The van der Waals surface area contributed by atoms with E-state index in [1.807, 2.05) is 13.0 Å². The molecule has 25 heavy (non-hydrogen) atoms. The normalized spacial score (nSPS) is 11.2. The highest BCUT2D eigenvalue weighted by Crippen LogP contribution is 2.41. The van der Waals surface area contributed by atoms with Crippen LogP contribution >= 0.6 is 23.2 Å². The van der Waals surface area contributed by atoms with Gasteiger partial charge in [0.05, 0.1) is 11.6 Å². The smallest absolute Gasteiger partial charge is 0.129 e. The summed E-state index contributed by atoms with van der Waals surface area (Å²) >= 11 is 12.5. The van der Waals surface area contributed by atoms with E-state index in [0.717, 1.165) is 29.5 Å². The van der Waals surface area contributed by atoms with Crippen molar-refractivity contribution in [1.82, 2.24) is 0 Å². The van der Waals surface area contributed by atoms with Crippen molar-refractivity contribution in [2.75, 3.05) is 6.61 Å². The fraction of sp³-hybridized carbons (Fsp3) is 0.524. The van der Waals surface area contributed by atoms with Gasteiger partial charge < -0.3 is 9.84 Å². The first-order valence-corrected chi connectivity index (χ1v) is 10.1. The molecular weight excluding hydrogens is 355 g/mol. The predicted octanol–water partition coefficient (Wildman–Crippen LogP) is 7.54. The number of aryl methyl sites for hydroxylation is 1. The van der Waals surface area contributed by atoms with E-state index in [-0.39, 0.29) is 5.75 Å². The lowest BCUT2D eigenvalue weighted by atomic mass is 10.0. The minimum Gasteiger partial charge on any atom is -0.507 e. The molecule has 0 aliphatic heterocycles. The molecule has 0 radical (unpaired) electrons. The Bertz CT molecular complexity index is 698. The third-order valence-corrected chi connectivity index (χ3v) is 5.07. The SMILES string of the molecule is CCCCCCCCCOc1cc(CC)c(O)c2cc(Cl)cc(Cl)c12. The number of halogens is 2. The number of phenolic OH excluding ortho intramolecular Hbond substituents is 1. The van der Waals surface area contributed by atoms with Crippen LogP contribution in [0.15, 0.2) is 18.2 Å². The van der Waals surface area contributed by atoms with E-state index in [2.05, 4.69) is 6.92 Å². The number of aromatic hydroxyl groups is 1. The van der Waals surface area contributed by atoms with Crippen LogP contribution in [0.25, 0.3) is 10.8 Å². The van der Waals surface area contributed by atoms with E-state index in [0.29, 0.717) is 22.0 Å². The van der Waals surface area contributed by atoms with Crippen molar-refractivity contribution >= 4 is 34.0 Å². The van der Waals surface area contributed by atoms with Crippen LogP contribution in [-0.4, -0.2) is 11.7 Å². The lowest BCUT2D eigenvalue weighted by Gasteiger charge is -2.15. The summed E-state index contributed by atoms with van der Waals surface area (Å²) in [6.45, 7) is 4.90. The number of hydrogen-bond acceptors (Lipinski definition) is 2. The first-order chi connectivity index (χ1) is 12.1. The minimum atomic E-state index is 0.241. The molecule has 0 atom stereocenters. The molecule has 0 aliphatic carbocycles. The summed E-state index contributed by atoms with van der Waals surface area (Å²) in [5, 5.41) is 12.9. The van der Waals surface area contributed by atoms with Crippen LogP contribution in [0.1, 0.15) is 64.4 Å². The molecule has 4 heteroatoms.